The number of nitrogens with zero attached hydrogens (tertiary/aromatic N) is 5. The molecule has 0 aromatic carbocycles. The smallest absolute Gasteiger partial charge is 0.274 e. The number of aromatic nitrogens is 4. The minimum absolute atomic E-state index is 0.201. The van der Waals surface area contributed by atoms with Crippen molar-refractivity contribution in [1.82, 2.24) is 24.3 Å². The summed E-state index contributed by atoms with van der Waals surface area (Å²) >= 11 is 1.38. The van der Waals surface area contributed by atoms with Crippen LogP contribution in [0.3, 0.4) is 0 Å². The van der Waals surface area contributed by atoms with E-state index < -0.39 is 5.60 Å². The van der Waals surface area contributed by atoms with E-state index in [1.165, 1.54) is 11.3 Å². The Hall–Kier alpha value is -2.32. The third-order valence-corrected chi connectivity index (χ3v) is 4.48. The molecule has 0 atom stereocenters. The van der Waals surface area contributed by atoms with Gasteiger partial charge in [-0.15, -0.1) is 11.3 Å². The largest absolute Gasteiger partial charge is 0.383 e. The second-order valence-electron chi connectivity index (χ2n) is 5.82. The van der Waals surface area contributed by atoms with Crippen molar-refractivity contribution < 1.29 is 9.90 Å². The summed E-state index contributed by atoms with van der Waals surface area (Å²) < 4.78 is 1.70. The molecule has 0 radical (unpaired) electrons. The molecule has 1 N–H and O–H groups in total. The molecule has 8 heteroatoms. The van der Waals surface area contributed by atoms with Crippen LogP contribution in [-0.2, 0) is 12.1 Å². The van der Waals surface area contributed by atoms with Crippen molar-refractivity contribution >= 4 is 23.0 Å². The van der Waals surface area contributed by atoms with Gasteiger partial charge in [-0.1, -0.05) is 0 Å². The van der Waals surface area contributed by atoms with E-state index in [4.69, 9.17) is 0 Å². The Kier molecular flexibility index (Phi) is 3.87. The molecule has 0 spiro atoms. The predicted molar refractivity (Wildman–Crippen MR) is 86.1 cm³/mol. The summed E-state index contributed by atoms with van der Waals surface area (Å²) in [4.78, 5) is 26.7. The lowest BCUT2D eigenvalue weighted by Gasteiger charge is -2.15. The molecule has 23 heavy (non-hydrogen) atoms. The van der Waals surface area contributed by atoms with Gasteiger partial charge in [-0.2, -0.15) is 0 Å². The van der Waals surface area contributed by atoms with Gasteiger partial charge in [0.05, 0.1) is 12.2 Å². The zero-order valence-electron chi connectivity index (χ0n) is 13.1. The van der Waals surface area contributed by atoms with Crippen LogP contribution in [0.2, 0.25) is 0 Å². The minimum Gasteiger partial charge on any atom is -0.383 e. The first kappa shape index (κ1) is 15.6. The summed E-state index contributed by atoms with van der Waals surface area (Å²) in [6.45, 7) is 3.73. The Morgan fingerprint density at radius 1 is 1.43 bits per heavy atom. The number of amides is 1. The van der Waals surface area contributed by atoms with Crippen molar-refractivity contribution in [1.29, 1.82) is 0 Å². The first-order valence-electron chi connectivity index (χ1n) is 7.07. The molecule has 3 heterocycles. The maximum absolute atomic E-state index is 12.5. The van der Waals surface area contributed by atoms with Gasteiger partial charge in [0.25, 0.3) is 5.91 Å². The van der Waals surface area contributed by atoms with Crippen molar-refractivity contribution in [2.75, 3.05) is 7.05 Å². The lowest BCUT2D eigenvalue weighted by molar-refractivity contribution is 0.0767. The van der Waals surface area contributed by atoms with E-state index in [0.717, 1.165) is 5.69 Å². The van der Waals surface area contributed by atoms with E-state index in [0.29, 0.717) is 23.0 Å². The molecule has 0 saturated heterocycles. The Morgan fingerprint density at radius 3 is 2.87 bits per heavy atom. The number of fused-ring (bicyclic) bond motifs is 1. The van der Waals surface area contributed by atoms with Crippen LogP contribution in [-0.4, -0.2) is 42.3 Å². The van der Waals surface area contributed by atoms with Crippen molar-refractivity contribution in [2.24, 2.45) is 0 Å². The van der Waals surface area contributed by atoms with E-state index in [1.54, 1.807) is 54.9 Å². The third kappa shape index (κ3) is 3.22. The molecule has 0 aliphatic rings. The van der Waals surface area contributed by atoms with Crippen LogP contribution in [0.25, 0.3) is 5.78 Å². The van der Waals surface area contributed by atoms with Gasteiger partial charge in [-0.3, -0.25) is 9.20 Å². The zero-order chi connectivity index (χ0) is 16.6. The van der Waals surface area contributed by atoms with Crippen molar-refractivity contribution in [3.05, 3.63) is 46.4 Å². The molecule has 120 valence electrons. The highest BCUT2D eigenvalue weighted by Crippen LogP contribution is 2.24. The van der Waals surface area contributed by atoms with Crippen LogP contribution < -0.4 is 0 Å². The van der Waals surface area contributed by atoms with Crippen LogP contribution in [0.15, 0.2) is 30.0 Å². The van der Waals surface area contributed by atoms with Crippen LogP contribution in [0.5, 0.6) is 0 Å². The van der Waals surface area contributed by atoms with E-state index in [1.807, 2.05) is 5.38 Å². The first-order valence-corrected chi connectivity index (χ1v) is 7.95. The molecule has 0 aliphatic heterocycles. The van der Waals surface area contributed by atoms with E-state index in [2.05, 4.69) is 15.0 Å². The fourth-order valence-electron chi connectivity index (χ4n) is 2.10. The van der Waals surface area contributed by atoms with Gasteiger partial charge in [0, 0.05) is 31.0 Å². The Bertz CT molecular complexity index is 816. The summed E-state index contributed by atoms with van der Waals surface area (Å²) in [5, 5.41) is 12.4. The second-order valence-corrected chi connectivity index (χ2v) is 6.68. The molecule has 3 rings (SSSR count). The summed E-state index contributed by atoms with van der Waals surface area (Å²) in [5.74, 6) is 0.288. The SMILES string of the molecule is CN(Cc1csc(C(C)(C)O)n1)C(=O)c1cn2cccnc2n1. The molecule has 0 aliphatic carbocycles. The first-order chi connectivity index (χ1) is 10.8. The molecule has 0 saturated carbocycles. The van der Waals surface area contributed by atoms with E-state index in [9.17, 15) is 9.90 Å². The maximum atomic E-state index is 12.5. The van der Waals surface area contributed by atoms with Gasteiger partial charge in [0.15, 0.2) is 0 Å². The van der Waals surface area contributed by atoms with Gasteiger partial charge in [0.2, 0.25) is 5.78 Å². The molecule has 7 nitrogen and oxygen atoms in total. The maximum Gasteiger partial charge on any atom is 0.274 e. The summed E-state index contributed by atoms with van der Waals surface area (Å²) in [5.41, 5.74) is 0.104. The van der Waals surface area contributed by atoms with Crippen LogP contribution in [0.1, 0.15) is 35.0 Å². The highest BCUT2D eigenvalue weighted by molar-refractivity contribution is 7.09. The van der Waals surface area contributed by atoms with Crippen LogP contribution >= 0.6 is 11.3 Å². The predicted octanol–water partition coefficient (Wildman–Crippen LogP) is 1.69. The minimum atomic E-state index is -0.973. The molecule has 0 fully saturated rings. The van der Waals surface area contributed by atoms with Crippen LogP contribution in [0, 0.1) is 0 Å². The van der Waals surface area contributed by atoms with Crippen molar-refractivity contribution in [3.63, 3.8) is 0 Å². The number of aliphatic hydroxyl groups is 1. The molecule has 3 aromatic heterocycles. The fraction of sp³-hybridized carbons (Fsp3) is 0.333. The summed E-state index contributed by atoms with van der Waals surface area (Å²) in [7, 11) is 1.70. The normalized spacial score (nSPS) is 11.8. The zero-order valence-corrected chi connectivity index (χ0v) is 13.9. The van der Waals surface area contributed by atoms with E-state index in [-0.39, 0.29) is 5.91 Å². The fourth-order valence-corrected chi connectivity index (χ4v) is 2.94. The second kappa shape index (κ2) is 5.71. The number of thiazole rings is 1. The van der Waals surface area contributed by atoms with Gasteiger partial charge >= 0.3 is 0 Å². The number of imidazole rings is 1. The average Bonchev–Trinajstić information content (AvgIpc) is 3.11. The third-order valence-electron chi connectivity index (χ3n) is 3.28. The summed E-state index contributed by atoms with van der Waals surface area (Å²) in [6, 6.07) is 1.78. The van der Waals surface area contributed by atoms with Gasteiger partial charge in [0.1, 0.15) is 16.3 Å². The number of hydrogen-bond donors (Lipinski definition) is 1. The number of hydrogen-bond acceptors (Lipinski definition) is 6. The average molecular weight is 331 g/mol. The molecule has 3 aromatic rings. The topological polar surface area (TPSA) is 83.6 Å². The molecule has 0 unspecified atom stereocenters. The van der Waals surface area contributed by atoms with Crippen molar-refractivity contribution in [3.8, 4) is 0 Å². The van der Waals surface area contributed by atoms with Gasteiger partial charge in [-0.05, 0) is 19.9 Å². The standard InChI is InChI=1S/C15H17N5O2S/c1-15(2,22)13-17-10(9-23-13)7-19(3)12(21)11-8-20-6-4-5-16-14(20)18-11/h4-6,8-9,22H,7H2,1-3H3. The van der Waals surface area contributed by atoms with Gasteiger partial charge in [-0.25, -0.2) is 15.0 Å². The number of rotatable bonds is 4. The Morgan fingerprint density at radius 2 is 2.22 bits per heavy atom. The quantitative estimate of drug-likeness (QED) is 0.786. The lowest BCUT2D eigenvalue weighted by Crippen LogP contribution is -2.26. The Labute approximate surface area is 137 Å². The molecule has 1 amide bonds. The van der Waals surface area contributed by atoms with Crippen molar-refractivity contribution in [2.45, 2.75) is 26.0 Å². The molecule has 0 bridgehead atoms. The highest BCUT2D eigenvalue weighted by atomic mass is 32.1. The number of carbonyl (C=O) groups excluding carboxylic acids is 1. The Balaban J connectivity index is 1.76. The van der Waals surface area contributed by atoms with Gasteiger partial charge < -0.3 is 10.0 Å². The lowest BCUT2D eigenvalue weighted by atomic mass is 10.1. The highest BCUT2D eigenvalue weighted by Gasteiger charge is 2.22. The van der Waals surface area contributed by atoms with E-state index >= 15 is 0 Å². The monoisotopic (exact) mass is 331 g/mol. The van der Waals surface area contributed by atoms with Crippen LogP contribution in [0.4, 0.5) is 0 Å². The molecular formula is C15H17N5O2S. The molecular weight excluding hydrogens is 314 g/mol. The number of carbonyl (C=O) groups is 1. The summed E-state index contributed by atoms with van der Waals surface area (Å²) in [6.07, 6.45) is 5.08.